The molecule has 1 amide bonds. The minimum absolute atomic E-state index is 0.0245. The number of carbonyl (C=O) groups excluding carboxylic acids is 2. The van der Waals surface area contributed by atoms with E-state index in [-0.39, 0.29) is 23.4 Å². The molecule has 0 saturated heterocycles. The van der Waals surface area contributed by atoms with Crippen LogP contribution in [0.4, 0.5) is 5.69 Å². The Balaban J connectivity index is 2.24. The number of rotatable bonds is 6. The number of thiophene rings is 1. The minimum atomic E-state index is -0.704. The number of hydrogen-bond acceptors (Lipinski definition) is 6. The molecule has 0 aliphatic heterocycles. The average molecular weight is 348 g/mol. The zero-order chi connectivity index (χ0) is 17.7. The largest absolute Gasteiger partial charge is 0.462 e. The molecular weight excluding hydrogens is 332 g/mol. The Morgan fingerprint density at radius 1 is 1.29 bits per heavy atom. The van der Waals surface area contributed by atoms with E-state index < -0.39 is 16.8 Å². The van der Waals surface area contributed by atoms with Gasteiger partial charge in [-0.15, -0.1) is 11.3 Å². The van der Waals surface area contributed by atoms with Gasteiger partial charge in [0.15, 0.2) is 0 Å². The summed E-state index contributed by atoms with van der Waals surface area (Å²) in [4.78, 5) is 35.5. The van der Waals surface area contributed by atoms with Crippen molar-refractivity contribution in [3.05, 3.63) is 61.3 Å². The molecule has 2 rings (SSSR count). The first-order valence-corrected chi connectivity index (χ1v) is 8.08. The molecule has 0 saturated carbocycles. The number of non-ortho nitro benzene ring substituents is 1. The summed E-state index contributed by atoms with van der Waals surface area (Å²) in [6.45, 7) is 4.02. The van der Waals surface area contributed by atoms with Gasteiger partial charge in [0, 0.05) is 22.6 Å². The predicted octanol–water partition coefficient (Wildman–Crippen LogP) is 3.07. The maximum absolute atomic E-state index is 12.3. The highest BCUT2D eigenvalue weighted by molar-refractivity contribution is 7.10. The van der Waals surface area contributed by atoms with Crippen LogP contribution in [0.1, 0.15) is 38.1 Å². The molecule has 1 heterocycles. The third kappa shape index (κ3) is 4.17. The minimum Gasteiger partial charge on any atom is -0.462 e. The molecule has 24 heavy (non-hydrogen) atoms. The van der Waals surface area contributed by atoms with Crippen LogP contribution in [0, 0.1) is 17.0 Å². The summed E-state index contributed by atoms with van der Waals surface area (Å²) < 4.78 is 4.84. The van der Waals surface area contributed by atoms with Crippen LogP contribution in [-0.4, -0.2) is 23.4 Å². The SMILES string of the molecule is CCOC(=O)c1cc(C(=O)NCc2sccc2C)cc([N+](=O)[O-])c1. The molecule has 0 fully saturated rings. The maximum atomic E-state index is 12.3. The number of benzene rings is 1. The summed E-state index contributed by atoms with van der Waals surface area (Å²) in [6, 6.07) is 5.47. The fraction of sp³-hybridized carbons (Fsp3) is 0.250. The van der Waals surface area contributed by atoms with Crippen LogP contribution in [0.15, 0.2) is 29.6 Å². The van der Waals surface area contributed by atoms with Crippen molar-refractivity contribution in [3.8, 4) is 0 Å². The number of nitro benzene ring substituents is 1. The fourth-order valence-electron chi connectivity index (χ4n) is 2.03. The van der Waals surface area contributed by atoms with Gasteiger partial charge in [0.25, 0.3) is 11.6 Å². The molecule has 0 bridgehead atoms. The molecule has 0 aliphatic carbocycles. The van der Waals surface area contributed by atoms with Gasteiger partial charge in [0.1, 0.15) is 0 Å². The number of nitro groups is 1. The summed E-state index contributed by atoms with van der Waals surface area (Å²) >= 11 is 1.51. The lowest BCUT2D eigenvalue weighted by Gasteiger charge is -2.07. The third-order valence-electron chi connectivity index (χ3n) is 3.28. The second-order valence-electron chi connectivity index (χ2n) is 4.96. The van der Waals surface area contributed by atoms with Crippen molar-refractivity contribution in [2.24, 2.45) is 0 Å². The first-order valence-electron chi connectivity index (χ1n) is 7.20. The van der Waals surface area contributed by atoms with Crippen molar-refractivity contribution in [2.75, 3.05) is 6.61 Å². The van der Waals surface area contributed by atoms with Crippen molar-refractivity contribution >= 4 is 28.9 Å². The highest BCUT2D eigenvalue weighted by Crippen LogP contribution is 2.19. The Hall–Kier alpha value is -2.74. The van der Waals surface area contributed by atoms with E-state index in [4.69, 9.17) is 4.74 Å². The van der Waals surface area contributed by atoms with Crippen LogP contribution in [0.2, 0.25) is 0 Å². The Labute approximate surface area is 142 Å². The maximum Gasteiger partial charge on any atom is 0.338 e. The molecule has 0 unspecified atom stereocenters. The van der Waals surface area contributed by atoms with E-state index in [0.29, 0.717) is 6.54 Å². The number of ether oxygens (including phenoxy) is 1. The van der Waals surface area contributed by atoms with Crippen LogP contribution < -0.4 is 5.32 Å². The van der Waals surface area contributed by atoms with Gasteiger partial charge in [0.05, 0.1) is 23.6 Å². The van der Waals surface area contributed by atoms with E-state index >= 15 is 0 Å². The Morgan fingerprint density at radius 2 is 2.00 bits per heavy atom. The van der Waals surface area contributed by atoms with Gasteiger partial charge >= 0.3 is 5.97 Å². The monoisotopic (exact) mass is 348 g/mol. The zero-order valence-electron chi connectivity index (χ0n) is 13.2. The lowest BCUT2D eigenvalue weighted by atomic mass is 10.1. The number of carbonyl (C=O) groups is 2. The molecule has 0 radical (unpaired) electrons. The van der Waals surface area contributed by atoms with E-state index in [2.05, 4.69) is 5.32 Å². The van der Waals surface area contributed by atoms with Gasteiger partial charge in [-0.2, -0.15) is 0 Å². The average Bonchev–Trinajstić information content (AvgIpc) is 2.97. The van der Waals surface area contributed by atoms with Crippen molar-refractivity contribution in [2.45, 2.75) is 20.4 Å². The van der Waals surface area contributed by atoms with Crippen LogP contribution in [0.3, 0.4) is 0 Å². The van der Waals surface area contributed by atoms with Gasteiger partial charge in [-0.1, -0.05) is 0 Å². The van der Waals surface area contributed by atoms with Crippen LogP contribution in [0.25, 0.3) is 0 Å². The first-order chi connectivity index (χ1) is 11.4. The summed E-state index contributed by atoms with van der Waals surface area (Å²) in [7, 11) is 0. The summed E-state index contributed by atoms with van der Waals surface area (Å²) in [5.74, 6) is -1.19. The quantitative estimate of drug-likeness (QED) is 0.491. The Kier molecular flexibility index (Phi) is 5.64. The normalized spacial score (nSPS) is 10.2. The second kappa shape index (κ2) is 7.69. The molecular formula is C16H16N2O5S. The van der Waals surface area contributed by atoms with E-state index in [1.165, 1.54) is 17.4 Å². The van der Waals surface area contributed by atoms with Crippen LogP contribution in [-0.2, 0) is 11.3 Å². The lowest BCUT2D eigenvalue weighted by Crippen LogP contribution is -2.23. The smallest absolute Gasteiger partial charge is 0.338 e. The second-order valence-corrected chi connectivity index (χ2v) is 5.96. The molecule has 7 nitrogen and oxygen atoms in total. The fourth-order valence-corrected chi connectivity index (χ4v) is 2.87. The van der Waals surface area contributed by atoms with Crippen molar-refractivity contribution in [1.82, 2.24) is 5.32 Å². The highest BCUT2D eigenvalue weighted by atomic mass is 32.1. The molecule has 0 aliphatic rings. The molecule has 8 heteroatoms. The highest BCUT2D eigenvalue weighted by Gasteiger charge is 2.18. The number of nitrogens with zero attached hydrogens (tertiary/aromatic N) is 1. The molecule has 0 spiro atoms. The van der Waals surface area contributed by atoms with Gasteiger partial charge in [0.2, 0.25) is 0 Å². The lowest BCUT2D eigenvalue weighted by molar-refractivity contribution is -0.384. The standard InChI is InChI=1S/C16H16N2O5S/c1-3-23-16(20)12-6-11(7-13(8-12)18(21)22)15(19)17-9-14-10(2)4-5-24-14/h4-8H,3,9H2,1-2H3,(H,17,19). The molecule has 1 N–H and O–H groups in total. The Morgan fingerprint density at radius 3 is 2.58 bits per heavy atom. The Bertz CT molecular complexity index is 785. The number of aryl methyl sites for hydroxylation is 1. The van der Waals surface area contributed by atoms with Gasteiger partial charge in [-0.05, 0) is 36.9 Å². The first kappa shape index (κ1) is 17.6. The van der Waals surface area contributed by atoms with Crippen molar-refractivity contribution in [1.29, 1.82) is 0 Å². The molecule has 1 aromatic heterocycles. The van der Waals surface area contributed by atoms with Gasteiger partial charge in [-0.3, -0.25) is 14.9 Å². The molecule has 0 atom stereocenters. The number of amides is 1. The van der Waals surface area contributed by atoms with Crippen LogP contribution in [0.5, 0.6) is 0 Å². The van der Waals surface area contributed by atoms with Crippen LogP contribution >= 0.6 is 11.3 Å². The molecule has 2 aromatic rings. The zero-order valence-corrected chi connectivity index (χ0v) is 14.0. The number of hydrogen-bond donors (Lipinski definition) is 1. The van der Waals surface area contributed by atoms with Crippen molar-refractivity contribution < 1.29 is 19.2 Å². The van der Waals surface area contributed by atoms with E-state index in [1.807, 2.05) is 18.4 Å². The van der Waals surface area contributed by atoms with Gasteiger partial charge in [-0.25, -0.2) is 4.79 Å². The van der Waals surface area contributed by atoms with E-state index in [9.17, 15) is 19.7 Å². The third-order valence-corrected chi connectivity index (χ3v) is 4.30. The summed E-state index contributed by atoms with van der Waals surface area (Å²) in [5.41, 5.74) is 0.745. The topological polar surface area (TPSA) is 98.5 Å². The van der Waals surface area contributed by atoms with Gasteiger partial charge < -0.3 is 10.1 Å². The number of esters is 1. The molecule has 126 valence electrons. The molecule has 1 aromatic carbocycles. The summed E-state index contributed by atoms with van der Waals surface area (Å²) in [6.07, 6.45) is 0. The van der Waals surface area contributed by atoms with Crippen molar-refractivity contribution in [3.63, 3.8) is 0 Å². The predicted molar refractivity (Wildman–Crippen MR) is 89.3 cm³/mol. The summed E-state index contributed by atoms with van der Waals surface area (Å²) in [5, 5.41) is 15.6. The van der Waals surface area contributed by atoms with E-state index in [0.717, 1.165) is 22.6 Å². The van der Waals surface area contributed by atoms with E-state index in [1.54, 1.807) is 6.92 Å². The number of nitrogens with one attached hydrogen (secondary N) is 1.